The Morgan fingerprint density at radius 2 is 2.12 bits per heavy atom. The minimum atomic E-state index is 0.0623. The number of nitrogen functional groups attached to an aromatic ring is 1. The van der Waals surface area contributed by atoms with Crippen LogP contribution in [0.5, 0.6) is 5.88 Å². The van der Waals surface area contributed by atoms with E-state index >= 15 is 0 Å². The molecule has 0 aliphatic heterocycles. The van der Waals surface area contributed by atoms with Gasteiger partial charge in [0.25, 0.3) is 0 Å². The monoisotopic (exact) mass is 219 g/mol. The van der Waals surface area contributed by atoms with Gasteiger partial charge in [0.05, 0.1) is 36.6 Å². The molecule has 0 saturated heterocycles. The lowest BCUT2D eigenvalue weighted by atomic mass is 10.5. The van der Waals surface area contributed by atoms with Gasteiger partial charge in [-0.3, -0.25) is 4.98 Å². The second kappa shape index (κ2) is 4.18. The molecule has 0 unspecified atom stereocenters. The summed E-state index contributed by atoms with van der Waals surface area (Å²) in [6, 6.07) is 0. The molecule has 2 aromatic heterocycles. The van der Waals surface area contributed by atoms with Crippen molar-refractivity contribution in [1.82, 2.24) is 19.7 Å². The standard InChI is InChI=1S/C10H13N5O/c1-7(2)16-10-5-12-4-9(14-10)15-6-8(11)3-13-15/h3-7H,11H2,1-2H3. The third-order valence-electron chi connectivity index (χ3n) is 1.79. The van der Waals surface area contributed by atoms with Crippen LogP contribution in [-0.2, 0) is 0 Å². The van der Waals surface area contributed by atoms with Gasteiger partial charge in [-0.15, -0.1) is 0 Å². The van der Waals surface area contributed by atoms with Gasteiger partial charge in [0.2, 0.25) is 5.88 Å². The molecule has 0 aromatic carbocycles. The van der Waals surface area contributed by atoms with E-state index in [4.69, 9.17) is 10.5 Å². The van der Waals surface area contributed by atoms with Gasteiger partial charge in [-0.05, 0) is 13.8 Å². The zero-order chi connectivity index (χ0) is 11.5. The van der Waals surface area contributed by atoms with Crippen molar-refractivity contribution in [3.8, 4) is 11.7 Å². The zero-order valence-electron chi connectivity index (χ0n) is 9.16. The highest BCUT2D eigenvalue weighted by Crippen LogP contribution is 2.11. The molecule has 0 aliphatic rings. The van der Waals surface area contributed by atoms with E-state index in [0.717, 1.165) is 0 Å². The van der Waals surface area contributed by atoms with Gasteiger partial charge < -0.3 is 10.5 Å². The SMILES string of the molecule is CC(C)Oc1cncc(-n2cc(N)cn2)n1. The first-order valence-corrected chi connectivity index (χ1v) is 4.94. The fourth-order valence-electron chi connectivity index (χ4n) is 1.21. The number of nitrogens with zero attached hydrogens (tertiary/aromatic N) is 4. The molecular weight excluding hydrogens is 206 g/mol. The fourth-order valence-corrected chi connectivity index (χ4v) is 1.21. The lowest BCUT2D eigenvalue weighted by Gasteiger charge is -2.08. The van der Waals surface area contributed by atoms with Crippen molar-refractivity contribution in [3.05, 3.63) is 24.8 Å². The van der Waals surface area contributed by atoms with Crippen LogP contribution in [-0.4, -0.2) is 25.9 Å². The molecule has 0 amide bonds. The topological polar surface area (TPSA) is 78.9 Å². The van der Waals surface area contributed by atoms with Gasteiger partial charge >= 0.3 is 0 Å². The second-order valence-electron chi connectivity index (χ2n) is 3.60. The lowest BCUT2D eigenvalue weighted by molar-refractivity contribution is 0.231. The summed E-state index contributed by atoms with van der Waals surface area (Å²) in [6.07, 6.45) is 6.45. The van der Waals surface area contributed by atoms with E-state index in [0.29, 0.717) is 17.4 Å². The second-order valence-corrected chi connectivity index (χ2v) is 3.60. The van der Waals surface area contributed by atoms with Gasteiger partial charge in [0.1, 0.15) is 0 Å². The van der Waals surface area contributed by atoms with Crippen LogP contribution in [0.4, 0.5) is 5.69 Å². The molecule has 84 valence electrons. The summed E-state index contributed by atoms with van der Waals surface area (Å²) in [7, 11) is 0. The summed E-state index contributed by atoms with van der Waals surface area (Å²) in [6.45, 7) is 3.86. The maximum absolute atomic E-state index is 5.57. The van der Waals surface area contributed by atoms with Crippen LogP contribution < -0.4 is 10.5 Å². The number of hydrogen-bond donors (Lipinski definition) is 1. The molecule has 0 bridgehead atoms. The van der Waals surface area contributed by atoms with Crippen molar-refractivity contribution in [3.63, 3.8) is 0 Å². The summed E-state index contributed by atoms with van der Waals surface area (Å²) in [5.41, 5.74) is 6.15. The van der Waals surface area contributed by atoms with Crippen LogP contribution in [0.1, 0.15) is 13.8 Å². The molecule has 0 radical (unpaired) electrons. The highest BCUT2D eigenvalue weighted by atomic mass is 16.5. The van der Waals surface area contributed by atoms with Crippen molar-refractivity contribution in [2.24, 2.45) is 0 Å². The quantitative estimate of drug-likeness (QED) is 0.834. The van der Waals surface area contributed by atoms with Gasteiger partial charge in [0, 0.05) is 0 Å². The molecule has 0 saturated carbocycles. The molecular formula is C10H13N5O. The van der Waals surface area contributed by atoms with Crippen molar-refractivity contribution < 1.29 is 4.74 Å². The molecule has 0 fully saturated rings. The molecule has 16 heavy (non-hydrogen) atoms. The average molecular weight is 219 g/mol. The van der Waals surface area contributed by atoms with Crippen molar-refractivity contribution in [1.29, 1.82) is 0 Å². The van der Waals surface area contributed by atoms with E-state index in [2.05, 4.69) is 15.1 Å². The van der Waals surface area contributed by atoms with Crippen LogP contribution in [0.2, 0.25) is 0 Å². The molecule has 2 N–H and O–H groups in total. The summed E-state index contributed by atoms with van der Waals surface area (Å²) in [4.78, 5) is 8.29. The van der Waals surface area contributed by atoms with Crippen molar-refractivity contribution >= 4 is 5.69 Å². The third-order valence-corrected chi connectivity index (χ3v) is 1.79. The predicted octanol–water partition coefficient (Wildman–Crippen LogP) is 1.03. The Morgan fingerprint density at radius 3 is 2.75 bits per heavy atom. The number of rotatable bonds is 3. The molecule has 2 aromatic rings. The number of ether oxygens (including phenoxy) is 1. The van der Waals surface area contributed by atoms with E-state index in [-0.39, 0.29) is 6.10 Å². The zero-order valence-corrected chi connectivity index (χ0v) is 9.16. The maximum Gasteiger partial charge on any atom is 0.234 e. The van der Waals surface area contributed by atoms with Gasteiger partial charge in [-0.2, -0.15) is 10.1 Å². The Balaban J connectivity index is 2.28. The Morgan fingerprint density at radius 1 is 1.31 bits per heavy atom. The van der Waals surface area contributed by atoms with E-state index < -0.39 is 0 Å². The van der Waals surface area contributed by atoms with Crippen molar-refractivity contribution in [2.75, 3.05) is 5.73 Å². The lowest BCUT2D eigenvalue weighted by Crippen LogP contribution is -2.09. The Labute approximate surface area is 93.1 Å². The normalized spacial score (nSPS) is 10.7. The molecule has 0 spiro atoms. The first-order valence-electron chi connectivity index (χ1n) is 4.94. The summed E-state index contributed by atoms with van der Waals surface area (Å²) in [5.74, 6) is 1.05. The largest absolute Gasteiger partial charge is 0.474 e. The molecule has 0 aliphatic carbocycles. The molecule has 6 heteroatoms. The number of aromatic nitrogens is 4. The molecule has 2 rings (SSSR count). The Hall–Kier alpha value is -2.11. The summed E-state index contributed by atoms with van der Waals surface area (Å²) < 4.78 is 6.99. The molecule has 0 atom stereocenters. The van der Waals surface area contributed by atoms with Crippen LogP contribution >= 0.6 is 0 Å². The highest BCUT2D eigenvalue weighted by Gasteiger charge is 2.04. The third kappa shape index (κ3) is 2.28. The van der Waals surface area contributed by atoms with E-state index in [9.17, 15) is 0 Å². The van der Waals surface area contributed by atoms with E-state index in [1.807, 2.05) is 13.8 Å². The smallest absolute Gasteiger partial charge is 0.234 e. The minimum Gasteiger partial charge on any atom is -0.474 e. The van der Waals surface area contributed by atoms with E-state index in [1.165, 1.54) is 0 Å². The first kappa shape index (κ1) is 10.4. The maximum atomic E-state index is 5.57. The summed E-state index contributed by atoms with van der Waals surface area (Å²) in [5, 5.41) is 4.04. The Bertz CT molecular complexity index is 480. The van der Waals surface area contributed by atoms with Gasteiger partial charge in [-0.1, -0.05) is 0 Å². The molecule has 6 nitrogen and oxygen atoms in total. The fraction of sp³-hybridized carbons (Fsp3) is 0.300. The Kier molecular flexibility index (Phi) is 2.72. The highest BCUT2D eigenvalue weighted by molar-refractivity contribution is 5.34. The van der Waals surface area contributed by atoms with Gasteiger partial charge in [-0.25, -0.2) is 4.68 Å². The number of hydrogen-bond acceptors (Lipinski definition) is 5. The first-order chi connectivity index (χ1) is 7.65. The summed E-state index contributed by atoms with van der Waals surface area (Å²) >= 11 is 0. The van der Waals surface area contributed by atoms with Crippen LogP contribution in [0.3, 0.4) is 0 Å². The van der Waals surface area contributed by atoms with Crippen LogP contribution in [0.15, 0.2) is 24.8 Å². The predicted molar refractivity (Wildman–Crippen MR) is 59.3 cm³/mol. The number of nitrogens with two attached hydrogens (primary N) is 1. The molecule has 2 heterocycles. The van der Waals surface area contributed by atoms with Crippen LogP contribution in [0, 0.1) is 0 Å². The van der Waals surface area contributed by atoms with E-state index in [1.54, 1.807) is 29.5 Å². The average Bonchev–Trinajstić information content (AvgIpc) is 2.64. The van der Waals surface area contributed by atoms with Gasteiger partial charge in [0.15, 0.2) is 5.82 Å². The van der Waals surface area contributed by atoms with Crippen molar-refractivity contribution in [2.45, 2.75) is 20.0 Å². The van der Waals surface area contributed by atoms with Crippen LogP contribution in [0.25, 0.3) is 5.82 Å². The number of anilines is 1. The minimum absolute atomic E-state index is 0.0623.